The molecule has 2 atom stereocenters. The Morgan fingerprint density at radius 2 is 1.70 bits per heavy atom. The number of carbonyl (C=O) groups is 3. The molecule has 1 aliphatic heterocycles. The smallest absolute Gasteiger partial charge is 0.326 e. The van der Waals surface area contributed by atoms with Gasteiger partial charge >= 0.3 is 5.97 Å². The fourth-order valence-corrected chi connectivity index (χ4v) is 5.16. The SMILES string of the molecule is O=C(N[C@@H](Cc1ccc(-c2ccc(Cl)cc2Cl)cc1)C(=O)O)C1CCCN(C(=O)c2cccc(Cl)c2)C1. The molecule has 192 valence electrons. The van der Waals surface area contributed by atoms with Gasteiger partial charge in [-0.2, -0.15) is 0 Å². The first kappa shape index (κ1) is 27.0. The van der Waals surface area contributed by atoms with E-state index < -0.39 is 17.9 Å². The second-order valence-corrected chi connectivity index (χ2v) is 10.3. The molecule has 2 N–H and O–H groups in total. The van der Waals surface area contributed by atoms with Gasteiger partial charge < -0.3 is 15.3 Å². The van der Waals surface area contributed by atoms with E-state index in [9.17, 15) is 19.5 Å². The normalized spacial score (nSPS) is 16.2. The maximum absolute atomic E-state index is 13.0. The number of rotatable bonds is 7. The third-order valence-corrected chi connectivity index (χ3v) is 7.18. The van der Waals surface area contributed by atoms with E-state index in [4.69, 9.17) is 34.8 Å². The molecule has 4 rings (SSSR count). The summed E-state index contributed by atoms with van der Waals surface area (Å²) in [5, 5.41) is 14.0. The van der Waals surface area contributed by atoms with Crippen molar-refractivity contribution in [3.63, 3.8) is 0 Å². The Hall–Kier alpha value is -3.06. The average molecular weight is 560 g/mol. The minimum Gasteiger partial charge on any atom is -0.480 e. The lowest BCUT2D eigenvalue weighted by Gasteiger charge is -2.32. The molecule has 1 saturated heterocycles. The summed E-state index contributed by atoms with van der Waals surface area (Å²) >= 11 is 18.3. The fourth-order valence-electron chi connectivity index (χ4n) is 4.45. The van der Waals surface area contributed by atoms with Gasteiger partial charge in [-0.1, -0.05) is 71.2 Å². The minimum atomic E-state index is -1.12. The summed E-state index contributed by atoms with van der Waals surface area (Å²) < 4.78 is 0. The Morgan fingerprint density at radius 3 is 2.38 bits per heavy atom. The Labute approximate surface area is 230 Å². The molecule has 1 unspecified atom stereocenters. The number of amides is 2. The van der Waals surface area contributed by atoms with Crippen LogP contribution in [0.1, 0.15) is 28.8 Å². The Bertz CT molecular complexity index is 1310. The van der Waals surface area contributed by atoms with Crippen molar-refractivity contribution in [1.82, 2.24) is 10.2 Å². The van der Waals surface area contributed by atoms with Crippen molar-refractivity contribution in [1.29, 1.82) is 0 Å². The van der Waals surface area contributed by atoms with Crippen LogP contribution in [0.25, 0.3) is 11.1 Å². The van der Waals surface area contributed by atoms with Crippen LogP contribution in [0.3, 0.4) is 0 Å². The lowest BCUT2D eigenvalue weighted by molar-refractivity contribution is -0.142. The summed E-state index contributed by atoms with van der Waals surface area (Å²) in [6.07, 6.45) is 1.35. The van der Waals surface area contributed by atoms with Crippen molar-refractivity contribution in [2.24, 2.45) is 5.92 Å². The van der Waals surface area contributed by atoms with Crippen LogP contribution in [0.2, 0.25) is 15.1 Å². The molecule has 3 aromatic rings. The monoisotopic (exact) mass is 558 g/mol. The molecule has 1 fully saturated rings. The van der Waals surface area contributed by atoms with Gasteiger partial charge in [0.25, 0.3) is 5.91 Å². The molecule has 9 heteroatoms. The van der Waals surface area contributed by atoms with Crippen LogP contribution in [0, 0.1) is 5.92 Å². The second kappa shape index (κ2) is 12.0. The van der Waals surface area contributed by atoms with Crippen molar-refractivity contribution in [3.05, 3.63) is 92.9 Å². The Morgan fingerprint density at radius 1 is 0.973 bits per heavy atom. The average Bonchev–Trinajstić information content (AvgIpc) is 2.88. The van der Waals surface area contributed by atoms with Gasteiger partial charge in [0.1, 0.15) is 6.04 Å². The number of likely N-dealkylation sites (tertiary alicyclic amines) is 1. The lowest BCUT2D eigenvalue weighted by Crippen LogP contribution is -2.50. The number of carboxylic acid groups (broad SMARTS) is 1. The number of nitrogens with zero attached hydrogens (tertiary/aromatic N) is 1. The van der Waals surface area contributed by atoms with Gasteiger partial charge in [-0.25, -0.2) is 4.79 Å². The highest BCUT2D eigenvalue weighted by molar-refractivity contribution is 6.36. The number of nitrogens with one attached hydrogen (secondary N) is 1. The number of piperidine rings is 1. The number of benzene rings is 3. The lowest BCUT2D eigenvalue weighted by atomic mass is 9.95. The molecule has 2 amide bonds. The van der Waals surface area contributed by atoms with Crippen LogP contribution in [0.4, 0.5) is 0 Å². The van der Waals surface area contributed by atoms with E-state index in [0.29, 0.717) is 40.0 Å². The molecular weight excluding hydrogens is 535 g/mol. The molecule has 0 aliphatic carbocycles. The maximum atomic E-state index is 13.0. The number of aliphatic carboxylic acids is 1. The third-order valence-electron chi connectivity index (χ3n) is 6.40. The molecule has 0 spiro atoms. The topological polar surface area (TPSA) is 86.7 Å². The van der Waals surface area contributed by atoms with E-state index in [1.165, 1.54) is 0 Å². The number of hydrogen-bond acceptors (Lipinski definition) is 3. The summed E-state index contributed by atoms with van der Waals surface area (Å²) in [7, 11) is 0. The van der Waals surface area contributed by atoms with Crippen LogP contribution in [-0.2, 0) is 16.0 Å². The molecule has 3 aromatic carbocycles. The van der Waals surface area contributed by atoms with Crippen molar-refractivity contribution in [3.8, 4) is 11.1 Å². The first-order valence-corrected chi connectivity index (χ1v) is 13.0. The number of halogens is 3. The van der Waals surface area contributed by atoms with Gasteiger partial charge in [0.05, 0.1) is 5.92 Å². The molecule has 0 bridgehead atoms. The zero-order chi connectivity index (χ0) is 26.5. The summed E-state index contributed by atoms with van der Waals surface area (Å²) in [5.74, 6) is -2.19. The minimum absolute atomic E-state index is 0.119. The van der Waals surface area contributed by atoms with E-state index in [1.807, 2.05) is 30.3 Å². The van der Waals surface area contributed by atoms with Crippen molar-refractivity contribution >= 4 is 52.6 Å². The van der Waals surface area contributed by atoms with Crippen molar-refractivity contribution in [2.75, 3.05) is 13.1 Å². The van der Waals surface area contributed by atoms with E-state index in [0.717, 1.165) is 16.7 Å². The van der Waals surface area contributed by atoms with E-state index in [2.05, 4.69) is 5.32 Å². The fraction of sp³-hybridized carbons (Fsp3) is 0.250. The van der Waals surface area contributed by atoms with Crippen LogP contribution in [0.5, 0.6) is 0 Å². The van der Waals surface area contributed by atoms with E-state index in [-0.39, 0.29) is 24.8 Å². The highest BCUT2D eigenvalue weighted by Crippen LogP contribution is 2.30. The Kier molecular flexibility index (Phi) is 8.75. The van der Waals surface area contributed by atoms with Crippen molar-refractivity contribution < 1.29 is 19.5 Å². The molecule has 0 aromatic heterocycles. The molecule has 6 nitrogen and oxygen atoms in total. The highest BCUT2D eigenvalue weighted by Gasteiger charge is 2.31. The van der Waals surface area contributed by atoms with Crippen LogP contribution in [-0.4, -0.2) is 46.9 Å². The van der Waals surface area contributed by atoms with Gasteiger partial charge in [0.2, 0.25) is 5.91 Å². The summed E-state index contributed by atoms with van der Waals surface area (Å²) in [4.78, 5) is 39.5. The number of carbonyl (C=O) groups excluding carboxylic acids is 2. The highest BCUT2D eigenvalue weighted by atomic mass is 35.5. The zero-order valence-corrected chi connectivity index (χ0v) is 22.1. The molecule has 0 saturated carbocycles. The number of hydrogen-bond donors (Lipinski definition) is 2. The zero-order valence-electron chi connectivity index (χ0n) is 19.8. The number of carboxylic acids is 1. The van der Waals surface area contributed by atoms with Gasteiger partial charge in [-0.3, -0.25) is 9.59 Å². The Balaban J connectivity index is 1.39. The van der Waals surface area contributed by atoms with E-state index >= 15 is 0 Å². The maximum Gasteiger partial charge on any atom is 0.326 e. The quantitative estimate of drug-likeness (QED) is 0.373. The predicted octanol–water partition coefficient (Wildman–Crippen LogP) is 5.98. The molecule has 37 heavy (non-hydrogen) atoms. The molecule has 1 aliphatic rings. The van der Waals surface area contributed by atoms with Crippen LogP contribution in [0.15, 0.2) is 66.7 Å². The van der Waals surface area contributed by atoms with Crippen LogP contribution < -0.4 is 5.32 Å². The first-order chi connectivity index (χ1) is 17.7. The predicted molar refractivity (Wildman–Crippen MR) is 145 cm³/mol. The molecule has 0 radical (unpaired) electrons. The standard InChI is InChI=1S/C28H25Cl3N2O4/c29-21-5-1-3-19(14-21)27(35)33-12-2-4-20(16-33)26(34)32-25(28(36)37)13-17-6-8-18(9-7-17)23-11-10-22(30)15-24(23)31/h1,3,5-11,14-15,20,25H,2,4,12-13,16H2,(H,32,34)(H,36,37)/t20?,25-/m0/s1. The third kappa shape index (κ3) is 6.83. The van der Waals surface area contributed by atoms with Gasteiger partial charge in [0.15, 0.2) is 0 Å². The molecular formula is C28H25Cl3N2O4. The van der Waals surface area contributed by atoms with Gasteiger partial charge in [-0.05, 0) is 54.3 Å². The second-order valence-electron chi connectivity index (χ2n) is 9.03. The van der Waals surface area contributed by atoms with E-state index in [1.54, 1.807) is 41.3 Å². The summed E-state index contributed by atoms with van der Waals surface area (Å²) in [6.45, 7) is 0.752. The van der Waals surface area contributed by atoms with Crippen molar-refractivity contribution in [2.45, 2.75) is 25.3 Å². The van der Waals surface area contributed by atoms with Gasteiger partial charge in [-0.15, -0.1) is 0 Å². The largest absolute Gasteiger partial charge is 0.480 e. The summed E-state index contributed by atoms with van der Waals surface area (Å²) in [6, 6.07) is 18.2. The van der Waals surface area contributed by atoms with Crippen LogP contribution >= 0.6 is 34.8 Å². The summed E-state index contributed by atoms with van der Waals surface area (Å²) in [5.41, 5.74) is 2.89. The molecule has 1 heterocycles. The first-order valence-electron chi connectivity index (χ1n) is 11.8. The van der Waals surface area contributed by atoms with Gasteiger partial charge in [0, 0.05) is 45.7 Å².